The molecule has 1 atom stereocenters. The summed E-state index contributed by atoms with van der Waals surface area (Å²) in [4.78, 5) is 19.2. The monoisotopic (exact) mass is 438 g/mol. The molecular weight excluding hydrogens is 404 g/mol. The highest BCUT2D eigenvalue weighted by Gasteiger charge is 2.24. The van der Waals surface area contributed by atoms with Crippen molar-refractivity contribution in [2.75, 3.05) is 39.3 Å². The first kappa shape index (κ1) is 23.6. The first-order valence-corrected chi connectivity index (χ1v) is 11.4. The van der Waals surface area contributed by atoms with Gasteiger partial charge in [0.05, 0.1) is 13.2 Å². The number of carbonyl (C=O) groups is 1. The second-order valence-electron chi connectivity index (χ2n) is 8.00. The third-order valence-electron chi connectivity index (χ3n) is 5.38. The Kier molecular flexibility index (Phi) is 9.37. The Morgan fingerprint density at radius 3 is 2.81 bits per heavy atom. The van der Waals surface area contributed by atoms with Gasteiger partial charge >= 0.3 is 0 Å². The summed E-state index contributed by atoms with van der Waals surface area (Å²) >= 11 is 0. The molecule has 0 aromatic heterocycles. The van der Waals surface area contributed by atoms with Crippen LogP contribution in [0.3, 0.4) is 0 Å². The fourth-order valence-corrected chi connectivity index (χ4v) is 3.72. The van der Waals surface area contributed by atoms with Crippen LogP contribution in [0.5, 0.6) is 5.75 Å². The van der Waals surface area contributed by atoms with E-state index in [1.54, 1.807) is 18.2 Å². The predicted molar refractivity (Wildman–Crippen MR) is 127 cm³/mol. The lowest BCUT2D eigenvalue weighted by atomic mass is 10.1. The van der Waals surface area contributed by atoms with E-state index in [-0.39, 0.29) is 11.7 Å². The average molecular weight is 439 g/mol. The molecule has 1 aliphatic rings. The Hall–Kier alpha value is -3.06. The van der Waals surface area contributed by atoms with Crippen LogP contribution in [0.15, 0.2) is 59.6 Å². The number of phenols is 1. The molecule has 0 aliphatic carbocycles. The minimum Gasteiger partial charge on any atom is -0.508 e. The second kappa shape index (κ2) is 12.7. The summed E-state index contributed by atoms with van der Waals surface area (Å²) in [5.41, 5.74) is 1.66. The minimum absolute atomic E-state index is 0.0897. The van der Waals surface area contributed by atoms with Crippen LogP contribution in [0.4, 0.5) is 0 Å². The zero-order chi connectivity index (χ0) is 22.6. The van der Waals surface area contributed by atoms with Gasteiger partial charge < -0.3 is 25.4 Å². The van der Waals surface area contributed by atoms with E-state index < -0.39 is 0 Å². The molecule has 1 amide bonds. The molecule has 32 heavy (non-hydrogen) atoms. The van der Waals surface area contributed by atoms with Gasteiger partial charge in [-0.15, -0.1) is 0 Å². The average Bonchev–Trinajstić information content (AvgIpc) is 3.27. The summed E-state index contributed by atoms with van der Waals surface area (Å²) in [6.45, 7) is 7.38. The molecule has 1 fully saturated rings. The highest BCUT2D eigenvalue weighted by Crippen LogP contribution is 2.17. The Bertz CT molecular complexity index is 873. The van der Waals surface area contributed by atoms with Crippen LogP contribution in [0.1, 0.15) is 35.7 Å². The van der Waals surface area contributed by atoms with Gasteiger partial charge in [-0.05, 0) is 43.5 Å². The minimum atomic E-state index is -0.185. The molecule has 7 nitrogen and oxygen atoms in total. The Morgan fingerprint density at radius 1 is 1.19 bits per heavy atom. The number of hydrogen-bond donors (Lipinski definition) is 3. The molecule has 172 valence electrons. The number of aliphatic imine (C=N–C) groups is 1. The SMILES string of the molecule is CCNC(=NCCCNC(=O)c1cccc(O)c1)N1CCC(COCc2ccccc2)C1. The standard InChI is InChI=1S/C25H34N4O3/c1-2-26-25(28-14-7-13-27-24(31)22-10-6-11-23(30)16-22)29-15-12-21(17-29)19-32-18-20-8-4-3-5-9-20/h3-6,8-11,16,21,30H,2,7,12-15,17-19H2,1H3,(H,26,28)(H,27,31). The first-order chi connectivity index (χ1) is 15.7. The summed E-state index contributed by atoms with van der Waals surface area (Å²) < 4.78 is 5.93. The van der Waals surface area contributed by atoms with Crippen molar-refractivity contribution < 1.29 is 14.6 Å². The second-order valence-corrected chi connectivity index (χ2v) is 8.00. The predicted octanol–water partition coefficient (Wildman–Crippen LogP) is 3.02. The summed E-state index contributed by atoms with van der Waals surface area (Å²) in [5.74, 6) is 1.34. The van der Waals surface area contributed by atoms with Crippen molar-refractivity contribution in [1.82, 2.24) is 15.5 Å². The Morgan fingerprint density at radius 2 is 2.03 bits per heavy atom. The van der Waals surface area contributed by atoms with E-state index >= 15 is 0 Å². The van der Waals surface area contributed by atoms with Gasteiger partial charge in [-0.3, -0.25) is 9.79 Å². The van der Waals surface area contributed by atoms with Gasteiger partial charge in [-0.2, -0.15) is 0 Å². The number of likely N-dealkylation sites (tertiary alicyclic amines) is 1. The van der Waals surface area contributed by atoms with E-state index in [9.17, 15) is 9.90 Å². The Balaban J connectivity index is 1.38. The molecule has 0 bridgehead atoms. The molecule has 2 aromatic carbocycles. The van der Waals surface area contributed by atoms with E-state index in [0.29, 0.717) is 31.2 Å². The van der Waals surface area contributed by atoms with Crippen molar-refractivity contribution in [3.63, 3.8) is 0 Å². The molecule has 1 heterocycles. The van der Waals surface area contributed by atoms with Crippen molar-refractivity contribution >= 4 is 11.9 Å². The van der Waals surface area contributed by atoms with Crippen molar-refractivity contribution in [2.45, 2.75) is 26.4 Å². The number of carbonyl (C=O) groups excluding carboxylic acids is 1. The quantitative estimate of drug-likeness (QED) is 0.302. The maximum Gasteiger partial charge on any atom is 0.251 e. The van der Waals surface area contributed by atoms with E-state index in [1.165, 1.54) is 11.6 Å². The van der Waals surface area contributed by atoms with Gasteiger partial charge in [-0.1, -0.05) is 36.4 Å². The van der Waals surface area contributed by atoms with E-state index in [0.717, 1.165) is 45.0 Å². The highest BCUT2D eigenvalue weighted by atomic mass is 16.5. The van der Waals surface area contributed by atoms with Crippen molar-refractivity contribution in [3.8, 4) is 5.75 Å². The number of guanidine groups is 1. The number of amides is 1. The summed E-state index contributed by atoms with van der Waals surface area (Å²) in [5, 5.41) is 15.7. The summed E-state index contributed by atoms with van der Waals surface area (Å²) in [7, 11) is 0. The number of aromatic hydroxyl groups is 1. The smallest absolute Gasteiger partial charge is 0.251 e. The molecule has 0 spiro atoms. The number of rotatable bonds is 10. The lowest BCUT2D eigenvalue weighted by Crippen LogP contribution is -2.40. The van der Waals surface area contributed by atoms with Gasteiger partial charge in [0.2, 0.25) is 0 Å². The number of nitrogens with zero attached hydrogens (tertiary/aromatic N) is 2. The zero-order valence-electron chi connectivity index (χ0n) is 18.8. The zero-order valence-corrected chi connectivity index (χ0v) is 18.8. The Labute approximate surface area is 190 Å². The number of nitrogens with one attached hydrogen (secondary N) is 2. The van der Waals surface area contributed by atoms with E-state index in [4.69, 9.17) is 9.73 Å². The lowest BCUT2D eigenvalue weighted by Gasteiger charge is -2.21. The molecule has 1 saturated heterocycles. The lowest BCUT2D eigenvalue weighted by molar-refractivity contribution is 0.0906. The van der Waals surface area contributed by atoms with Crippen molar-refractivity contribution in [1.29, 1.82) is 0 Å². The largest absolute Gasteiger partial charge is 0.508 e. The maximum atomic E-state index is 12.1. The number of ether oxygens (including phenoxy) is 1. The summed E-state index contributed by atoms with van der Waals surface area (Å²) in [6.07, 6.45) is 1.84. The summed E-state index contributed by atoms with van der Waals surface area (Å²) in [6, 6.07) is 16.6. The fraction of sp³-hybridized carbons (Fsp3) is 0.440. The third kappa shape index (κ3) is 7.57. The molecule has 0 radical (unpaired) electrons. The topological polar surface area (TPSA) is 86.2 Å². The number of benzene rings is 2. The molecule has 3 N–H and O–H groups in total. The molecule has 1 aliphatic heterocycles. The highest BCUT2D eigenvalue weighted by molar-refractivity contribution is 5.94. The van der Waals surface area contributed by atoms with Crippen LogP contribution in [0, 0.1) is 5.92 Å². The molecule has 0 saturated carbocycles. The van der Waals surface area contributed by atoms with Crippen LogP contribution in [-0.2, 0) is 11.3 Å². The first-order valence-electron chi connectivity index (χ1n) is 11.4. The van der Waals surface area contributed by atoms with Gasteiger partial charge in [0.25, 0.3) is 5.91 Å². The molecule has 3 rings (SSSR count). The molecule has 7 heteroatoms. The van der Waals surface area contributed by atoms with Crippen LogP contribution < -0.4 is 10.6 Å². The van der Waals surface area contributed by atoms with E-state index in [2.05, 4.69) is 34.6 Å². The number of hydrogen-bond acceptors (Lipinski definition) is 4. The third-order valence-corrected chi connectivity index (χ3v) is 5.38. The molecule has 1 unspecified atom stereocenters. The van der Waals surface area contributed by atoms with Gasteiger partial charge in [-0.25, -0.2) is 0 Å². The van der Waals surface area contributed by atoms with Gasteiger partial charge in [0.1, 0.15) is 5.75 Å². The molecular formula is C25H34N4O3. The van der Waals surface area contributed by atoms with Crippen molar-refractivity contribution in [3.05, 3.63) is 65.7 Å². The van der Waals surface area contributed by atoms with E-state index in [1.807, 2.05) is 18.2 Å². The van der Waals surface area contributed by atoms with Crippen LogP contribution >= 0.6 is 0 Å². The van der Waals surface area contributed by atoms with Crippen LogP contribution in [0.2, 0.25) is 0 Å². The van der Waals surface area contributed by atoms with Gasteiger partial charge in [0.15, 0.2) is 5.96 Å². The van der Waals surface area contributed by atoms with Crippen LogP contribution in [-0.4, -0.2) is 61.2 Å². The molecule has 2 aromatic rings. The normalized spacial score (nSPS) is 16.2. The van der Waals surface area contributed by atoms with Crippen LogP contribution in [0.25, 0.3) is 0 Å². The number of phenolic OH excluding ortho intramolecular Hbond substituents is 1. The van der Waals surface area contributed by atoms with Crippen molar-refractivity contribution in [2.24, 2.45) is 10.9 Å². The fourth-order valence-electron chi connectivity index (χ4n) is 3.72. The van der Waals surface area contributed by atoms with Gasteiger partial charge in [0, 0.05) is 44.2 Å². The maximum absolute atomic E-state index is 12.1.